The summed E-state index contributed by atoms with van der Waals surface area (Å²) in [6.45, 7) is 0.0612. The summed E-state index contributed by atoms with van der Waals surface area (Å²) in [5.41, 5.74) is 1.83. The standard InChI is InChI=1S/C10H12O2/c11-7-3-6-9-4-1-2-5-10(9)8-12/h1-6,11-12H,7-8H2/b6-3+. The molecule has 2 N–H and O–H groups in total. The predicted octanol–water partition coefficient (Wildman–Crippen LogP) is 1.18. The van der Waals surface area contributed by atoms with Gasteiger partial charge in [-0.2, -0.15) is 0 Å². The first kappa shape index (κ1) is 8.97. The van der Waals surface area contributed by atoms with Crippen molar-refractivity contribution in [3.8, 4) is 0 Å². The van der Waals surface area contributed by atoms with Crippen molar-refractivity contribution < 1.29 is 10.2 Å². The van der Waals surface area contributed by atoms with E-state index in [1.54, 1.807) is 12.2 Å². The molecule has 0 saturated heterocycles. The molecule has 0 aliphatic heterocycles. The zero-order valence-corrected chi connectivity index (χ0v) is 6.77. The van der Waals surface area contributed by atoms with E-state index in [4.69, 9.17) is 10.2 Å². The van der Waals surface area contributed by atoms with Crippen molar-refractivity contribution in [3.05, 3.63) is 41.5 Å². The minimum absolute atomic E-state index is 0.0275. The zero-order valence-electron chi connectivity index (χ0n) is 6.77. The van der Waals surface area contributed by atoms with Gasteiger partial charge in [0.05, 0.1) is 13.2 Å². The Kier molecular flexibility index (Phi) is 3.51. The van der Waals surface area contributed by atoms with Crippen molar-refractivity contribution in [2.24, 2.45) is 0 Å². The van der Waals surface area contributed by atoms with Gasteiger partial charge in [-0.3, -0.25) is 0 Å². The Balaban J connectivity index is 2.89. The van der Waals surface area contributed by atoms with Gasteiger partial charge in [0, 0.05) is 0 Å². The van der Waals surface area contributed by atoms with Gasteiger partial charge < -0.3 is 10.2 Å². The molecule has 0 heterocycles. The number of benzene rings is 1. The Morgan fingerprint density at radius 3 is 2.58 bits per heavy atom. The molecule has 64 valence electrons. The van der Waals surface area contributed by atoms with Crippen LogP contribution in [0.4, 0.5) is 0 Å². The molecule has 0 spiro atoms. The van der Waals surface area contributed by atoms with Crippen molar-refractivity contribution in [1.82, 2.24) is 0 Å². The maximum Gasteiger partial charge on any atom is 0.0687 e. The van der Waals surface area contributed by atoms with Crippen LogP contribution >= 0.6 is 0 Å². The first-order valence-corrected chi connectivity index (χ1v) is 3.84. The number of rotatable bonds is 3. The summed E-state index contributed by atoms with van der Waals surface area (Å²) in [7, 11) is 0. The smallest absolute Gasteiger partial charge is 0.0687 e. The first-order chi connectivity index (χ1) is 5.88. The van der Waals surface area contributed by atoms with Crippen molar-refractivity contribution >= 4 is 6.08 Å². The van der Waals surface area contributed by atoms with Crippen molar-refractivity contribution in [1.29, 1.82) is 0 Å². The quantitative estimate of drug-likeness (QED) is 0.704. The molecule has 2 nitrogen and oxygen atoms in total. The molecule has 0 atom stereocenters. The molecule has 0 radical (unpaired) electrons. The number of hydrogen-bond donors (Lipinski definition) is 2. The third-order valence-corrected chi connectivity index (χ3v) is 1.63. The van der Waals surface area contributed by atoms with Crippen LogP contribution in [0, 0.1) is 0 Å². The fraction of sp³-hybridized carbons (Fsp3) is 0.200. The molecule has 0 amide bonds. The summed E-state index contributed by atoms with van der Waals surface area (Å²) in [5.74, 6) is 0. The maximum atomic E-state index is 8.92. The fourth-order valence-electron chi connectivity index (χ4n) is 1.02. The van der Waals surface area contributed by atoms with Crippen LogP contribution in [0.15, 0.2) is 30.3 Å². The molecule has 0 aliphatic carbocycles. The van der Waals surface area contributed by atoms with Crippen LogP contribution < -0.4 is 0 Å². The lowest BCUT2D eigenvalue weighted by molar-refractivity contribution is 0.281. The molecular weight excluding hydrogens is 152 g/mol. The topological polar surface area (TPSA) is 40.5 Å². The van der Waals surface area contributed by atoms with E-state index >= 15 is 0 Å². The average Bonchev–Trinajstić information content (AvgIpc) is 2.15. The average molecular weight is 164 g/mol. The highest BCUT2D eigenvalue weighted by molar-refractivity contribution is 5.53. The van der Waals surface area contributed by atoms with E-state index in [-0.39, 0.29) is 13.2 Å². The van der Waals surface area contributed by atoms with Crippen LogP contribution in [0.25, 0.3) is 6.08 Å². The lowest BCUT2D eigenvalue weighted by Crippen LogP contribution is -1.87. The summed E-state index contributed by atoms with van der Waals surface area (Å²) in [4.78, 5) is 0. The molecule has 0 fully saturated rings. The van der Waals surface area contributed by atoms with Gasteiger partial charge in [0.15, 0.2) is 0 Å². The Labute approximate surface area is 71.8 Å². The van der Waals surface area contributed by atoms with Gasteiger partial charge in [0.1, 0.15) is 0 Å². The Morgan fingerprint density at radius 2 is 1.92 bits per heavy atom. The largest absolute Gasteiger partial charge is 0.392 e. The summed E-state index contributed by atoms with van der Waals surface area (Å²) in [6, 6.07) is 7.53. The van der Waals surface area contributed by atoms with Gasteiger partial charge in [-0.1, -0.05) is 36.4 Å². The van der Waals surface area contributed by atoms with E-state index in [1.807, 2.05) is 24.3 Å². The van der Waals surface area contributed by atoms with E-state index in [0.717, 1.165) is 11.1 Å². The third-order valence-electron chi connectivity index (χ3n) is 1.63. The zero-order chi connectivity index (χ0) is 8.81. The predicted molar refractivity (Wildman–Crippen MR) is 48.5 cm³/mol. The van der Waals surface area contributed by atoms with Crippen LogP contribution in [0.5, 0.6) is 0 Å². The second kappa shape index (κ2) is 4.70. The highest BCUT2D eigenvalue weighted by atomic mass is 16.3. The van der Waals surface area contributed by atoms with Gasteiger partial charge in [0.2, 0.25) is 0 Å². The molecule has 0 bridgehead atoms. The fourth-order valence-corrected chi connectivity index (χ4v) is 1.02. The van der Waals surface area contributed by atoms with Crippen LogP contribution in [-0.4, -0.2) is 16.8 Å². The van der Waals surface area contributed by atoms with Crippen LogP contribution in [-0.2, 0) is 6.61 Å². The Bertz CT molecular complexity index is 266. The van der Waals surface area contributed by atoms with Gasteiger partial charge >= 0.3 is 0 Å². The van der Waals surface area contributed by atoms with E-state index in [2.05, 4.69) is 0 Å². The van der Waals surface area contributed by atoms with Crippen LogP contribution in [0.2, 0.25) is 0 Å². The molecule has 0 unspecified atom stereocenters. The number of aliphatic hydroxyl groups excluding tert-OH is 2. The molecule has 0 saturated carbocycles. The van der Waals surface area contributed by atoms with Gasteiger partial charge in [-0.05, 0) is 11.1 Å². The Hall–Kier alpha value is -1.12. The van der Waals surface area contributed by atoms with E-state index < -0.39 is 0 Å². The summed E-state index contributed by atoms with van der Waals surface area (Å²) < 4.78 is 0. The molecule has 1 aromatic carbocycles. The highest BCUT2D eigenvalue weighted by Crippen LogP contribution is 2.09. The van der Waals surface area contributed by atoms with Crippen molar-refractivity contribution in [2.75, 3.05) is 6.61 Å². The molecule has 0 aromatic heterocycles. The minimum atomic E-state index is 0.0275. The summed E-state index contributed by atoms with van der Waals surface area (Å²) >= 11 is 0. The van der Waals surface area contributed by atoms with E-state index in [1.165, 1.54) is 0 Å². The maximum absolute atomic E-state index is 8.92. The van der Waals surface area contributed by atoms with E-state index in [9.17, 15) is 0 Å². The third kappa shape index (κ3) is 2.19. The highest BCUT2D eigenvalue weighted by Gasteiger charge is 1.94. The van der Waals surface area contributed by atoms with E-state index in [0.29, 0.717) is 0 Å². The summed E-state index contributed by atoms with van der Waals surface area (Å²) in [5, 5.41) is 17.5. The molecule has 2 heteroatoms. The Morgan fingerprint density at radius 1 is 1.17 bits per heavy atom. The van der Waals surface area contributed by atoms with Crippen molar-refractivity contribution in [3.63, 3.8) is 0 Å². The lowest BCUT2D eigenvalue weighted by atomic mass is 10.1. The minimum Gasteiger partial charge on any atom is -0.392 e. The van der Waals surface area contributed by atoms with Gasteiger partial charge in [-0.25, -0.2) is 0 Å². The lowest BCUT2D eigenvalue weighted by Gasteiger charge is -2.00. The molecule has 0 aliphatic rings. The molecule has 1 rings (SSSR count). The van der Waals surface area contributed by atoms with Crippen molar-refractivity contribution in [2.45, 2.75) is 6.61 Å². The second-order valence-electron chi connectivity index (χ2n) is 2.44. The normalized spacial score (nSPS) is 10.8. The molecule has 12 heavy (non-hydrogen) atoms. The van der Waals surface area contributed by atoms with Gasteiger partial charge in [0.25, 0.3) is 0 Å². The first-order valence-electron chi connectivity index (χ1n) is 3.84. The SMILES string of the molecule is OC/C=C/c1ccccc1CO. The molecule has 1 aromatic rings. The summed E-state index contributed by atoms with van der Waals surface area (Å²) in [6.07, 6.45) is 3.44. The van der Waals surface area contributed by atoms with Gasteiger partial charge in [-0.15, -0.1) is 0 Å². The molecular formula is C10H12O2. The number of aliphatic hydroxyl groups is 2. The number of hydrogen-bond acceptors (Lipinski definition) is 2. The second-order valence-corrected chi connectivity index (χ2v) is 2.44. The monoisotopic (exact) mass is 164 g/mol. The van der Waals surface area contributed by atoms with Crippen LogP contribution in [0.3, 0.4) is 0 Å². The van der Waals surface area contributed by atoms with Crippen LogP contribution in [0.1, 0.15) is 11.1 Å².